The lowest BCUT2D eigenvalue weighted by molar-refractivity contribution is -0.122. The van der Waals surface area contributed by atoms with Gasteiger partial charge in [-0.05, 0) is 53.1 Å². The first-order chi connectivity index (χ1) is 10.4. The summed E-state index contributed by atoms with van der Waals surface area (Å²) in [6, 6.07) is 0.706. The second kappa shape index (κ2) is 8.27. The number of ether oxygens (including phenoxy) is 1. The average molecular weight is 311 g/mol. The van der Waals surface area contributed by atoms with Crippen LogP contribution in [0.25, 0.3) is 0 Å². The predicted molar refractivity (Wildman–Crippen MR) is 89.0 cm³/mol. The summed E-state index contributed by atoms with van der Waals surface area (Å²) in [5.41, 5.74) is -0.129. The molecule has 2 aliphatic heterocycles. The number of carbonyl (C=O) groups excluding carboxylic acids is 1. The van der Waals surface area contributed by atoms with Gasteiger partial charge in [-0.25, -0.2) is 0 Å². The van der Waals surface area contributed by atoms with Crippen molar-refractivity contribution in [2.75, 3.05) is 45.9 Å². The number of carbonyl (C=O) groups is 1. The largest absolute Gasteiger partial charge is 0.381 e. The number of hydrogen-bond acceptors (Lipinski definition) is 4. The van der Waals surface area contributed by atoms with Crippen molar-refractivity contribution in [1.29, 1.82) is 0 Å². The fraction of sp³-hybridized carbons (Fsp3) is 0.941. The van der Waals surface area contributed by atoms with Gasteiger partial charge in [0, 0.05) is 50.8 Å². The first kappa shape index (κ1) is 17.7. The van der Waals surface area contributed by atoms with Crippen LogP contribution in [0.5, 0.6) is 0 Å². The van der Waals surface area contributed by atoms with Gasteiger partial charge in [0.1, 0.15) is 0 Å². The molecule has 0 aromatic heterocycles. The standard InChI is InChI=1S/C17H33N3O2/c1-17(2,3)18-16(21)5-10-19-8-4-9-20(12-11-19)15-6-13-22-14-7-15/h15H,4-14H2,1-3H3,(H,18,21). The minimum Gasteiger partial charge on any atom is -0.381 e. The van der Waals surface area contributed by atoms with Crippen molar-refractivity contribution in [3.63, 3.8) is 0 Å². The van der Waals surface area contributed by atoms with Crippen molar-refractivity contribution in [1.82, 2.24) is 15.1 Å². The van der Waals surface area contributed by atoms with E-state index in [1.807, 2.05) is 20.8 Å². The molecule has 0 aromatic rings. The Hall–Kier alpha value is -0.650. The molecule has 0 saturated carbocycles. The SMILES string of the molecule is CC(C)(C)NC(=O)CCN1CCCN(C2CCOCC2)CC1. The van der Waals surface area contributed by atoms with Gasteiger partial charge in [-0.15, -0.1) is 0 Å². The van der Waals surface area contributed by atoms with Gasteiger partial charge in [-0.2, -0.15) is 0 Å². The summed E-state index contributed by atoms with van der Waals surface area (Å²) in [6.07, 6.45) is 4.16. The second-order valence-electron chi connectivity index (χ2n) is 7.62. The van der Waals surface area contributed by atoms with E-state index in [9.17, 15) is 4.79 Å². The summed E-state index contributed by atoms with van der Waals surface area (Å²) in [7, 11) is 0. The number of hydrogen-bond donors (Lipinski definition) is 1. The number of nitrogens with one attached hydrogen (secondary N) is 1. The molecule has 0 aromatic carbocycles. The maximum Gasteiger partial charge on any atom is 0.221 e. The smallest absolute Gasteiger partial charge is 0.221 e. The normalized spacial score (nSPS) is 23.2. The summed E-state index contributed by atoms with van der Waals surface area (Å²) < 4.78 is 5.47. The fourth-order valence-electron chi connectivity index (χ4n) is 3.37. The van der Waals surface area contributed by atoms with Gasteiger partial charge < -0.3 is 15.0 Å². The van der Waals surface area contributed by atoms with Crippen LogP contribution in [0.3, 0.4) is 0 Å². The van der Waals surface area contributed by atoms with E-state index in [0.29, 0.717) is 12.5 Å². The maximum atomic E-state index is 11.9. The Balaban J connectivity index is 1.70. The predicted octanol–water partition coefficient (Wildman–Crippen LogP) is 1.48. The summed E-state index contributed by atoms with van der Waals surface area (Å²) in [5, 5.41) is 3.04. The van der Waals surface area contributed by atoms with Crippen LogP contribution in [-0.4, -0.2) is 73.2 Å². The minimum absolute atomic E-state index is 0.129. The Morgan fingerprint density at radius 2 is 1.86 bits per heavy atom. The van der Waals surface area contributed by atoms with Gasteiger partial charge in [0.2, 0.25) is 5.91 Å². The summed E-state index contributed by atoms with van der Waals surface area (Å²) in [4.78, 5) is 17.0. The molecule has 1 amide bonds. The van der Waals surface area contributed by atoms with Crippen molar-refractivity contribution in [2.24, 2.45) is 0 Å². The molecule has 0 spiro atoms. The van der Waals surface area contributed by atoms with Crippen LogP contribution in [0.1, 0.15) is 46.5 Å². The molecule has 0 unspecified atom stereocenters. The molecule has 0 aliphatic carbocycles. The van der Waals surface area contributed by atoms with Crippen LogP contribution in [0.15, 0.2) is 0 Å². The molecular formula is C17H33N3O2. The van der Waals surface area contributed by atoms with E-state index in [1.54, 1.807) is 0 Å². The Morgan fingerprint density at radius 3 is 2.55 bits per heavy atom. The van der Waals surface area contributed by atoms with Gasteiger partial charge in [0.15, 0.2) is 0 Å². The molecule has 2 aliphatic rings. The van der Waals surface area contributed by atoms with Gasteiger partial charge >= 0.3 is 0 Å². The van der Waals surface area contributed by atoms with E-state index in [0.717, 1.165) is 39.4 Å². The van der Waals surface area contributed by atoms with Gasteiger partial charge in [-0.1, -0.05) is 0 Å². The van der Waals surface area contributed by atoms with Crippen LogP contribution < -0.4 is 5.32 Å². The topological polar surface area (TPSA) is 44.8 Å². The molecule has 2 heterocycles. The molecule has 5 heteroatoms. The third kappa shape index (κ3) is 6.23. The summed E-state index contributed by atoms with van der Waals surface area (Å²) in [5.74, 6) is 0.165. The van der Waals surface area contributed by atoms with Gasteiger partial charge in [0.05, 0.1) is 0 Å². The van der Waals surface area contributed by atoms with E-state index in [-0.39, 0.29) is 11.4 Å². The highest BCUT2D eigenvalue weighted by atomic mass is 16.5. The Morgan fingerprint density at radius 1 is 1.14 bits per heavy atom. The van der Waals surface area contributed by atoms with Crippen LogP contribution in [0, 0.1) is 0 Å². The van der Waals surface area contributed by atoms with E-state index < -0.39 is 0 Å². The molecule has 0 atom stereocenters. The summed E-state index contributed by atoms with van der Waals surface area (Å²) >= 11 is 0. The van der Waals surface area contributed by atoms with Crippen LogP contribution >= 0.6 is 0 Å². The Labute approximate surface area is 135 Å². The number of rotatable bonds is 4. The third-order valence-electron chi connectivity index (χ3n) is 4.50. The molecule has 1 N–H and O–H groups in total. The Kier molecular flexibility index (Phi) is 6.66. The molecule has 2 fully saturated rings. The van der Waals surface area contributed by atoms with E-state index in [2.05, 4.69) is 15.1 Å². The maximum absolute atomic E-state index is 11.9. The molecule has 5 nitrogen and oxygen atoms in total. The molecule has 0 radical (unpaired) electrons. The van der Waals surface area contributed by atoms with Gasteiger partial charge in [-0.3, -0.25) is 9.69 Å². The van der Waals surface area contributed by atoms with E-state index in [4.69, 9.17) is 4.74 Å². The lowest BCUT2D eigenvalue weighted by atomic mass is 10.1. The zero-order valence-electron chi connectivity index (χ0n) is 14.6. The highest BCUT2D eigenvalue weighted by molar-refractivity contribution is 5.76. The zero-order chi connectivity index (χ0) is 16.0. The molecule has 0 bridgehead atoms. The zero-order valence-corrected chi connectivity index (χ0v) is 14.6. The molecule has 128 valence electrons. The van der Waals surface area contributed by atoms with Gasteiger partial charge in [0.25, 0.3) is 0 Å². The highest BCUT2D eigenvalue weighted by Gasteiger charge is 2.24. The molecule has 2 saturated heterocycles. The number of nitrogens with zero attached hydrogens (tertiary/aromatic N) is 2. The van der Waals surface area contributed by atoms with Crippen molar-refractivity contribution in [3.8, 4) is 0 Å². The molecule has 22 heavy (non-hydrogen) atoms. The van der Waals surface area contributed by atoms with Crippen molar-refractivity contribution in [3.05, 3.63) is 0 Å². The monoisotopic (exact) mass is 311 g/mol. The fourth-order valence-corrected chi connectivity index (χ4v) is 3.37. The minimum atomic E-state index is -0.129. The third-order valence-corrected chi connectivity index (χ3v) is 4.50. The molecular weight excluding hydrogens is 278 g/mol. The quantitative estimate of drug-likeness (QED) is 0.854. The van der Waals surface area contributed by atoms with Crippen molar-refractivity contribution in [2.45, 2.75) is 58.0 Å². The Bertz CT molecular complexity index is 348. The van der Waals surface area contributed by atoms with Crippen LogP contribution in [-0.2, 0) is 9.53 Å². The average Bonchev–Trinajstić information content (AvgIpc) is 2.70. The first-order valence-electron chi connectivity index (χ1n) is 8.79. The van der Waals surface area contributed by atoms with E-state index >= 15 is 0 Å². The molecule has 2 rings (SSSR count). The second-order valence-corrected chi connectivity index (χ2v) is 7.62. The van der Waals surface area contributed by atoms with Crippen molar-refractivity contribution < 1.29 is 9.53 Å². The van der Waals surface area contributed by atoms with Crippen LogP contribution in [0.4, 0.5) is 0 Å². The lowest BCUT2D eigenvalue weighted by Gasteiger charge is -2.33. The lowest BCUT2D eigenvalue weighted by Crippen LogP contribution is -2.43. The summed E-state index contributed by atoms with van der Waals surface area (Å²) in [6.45, 7) is 13.3. The van der Waals surface area contributed by atoms with Crippen LogP contribution in [0.2, 0.25) is 0 Å². The van der Waals surface area contributed by atoms with Crippen molar-refractivity contribution >= 4 is 5.91 Å². The first-order valence-corrected chi connectivity index (χ1v) is 8.79. The highest BCUT2D eigenvalue weighted by Crippen LogP contribution is 2.16. The number of amides is 1. The van der Waals surface area contributed by atoms with E-state index in [1.165, 1.54) is 25.8 Å².